The highest BCUT2D eigenvalue weighted by Gasteiger charge is 2.08. The molecule has 0 aliphatic rings. The predicted molar refractivity (Wildman–Crippen MR) is 71.7 cm³/mol. The second-order valence-electron chi connectivity index (χ2n) is 4.67. The van der Waals surface area contributed by atoms with Gasteiger partial charge >= 0.3 is 0 Å². The molecule has 1 aromatic carbocycles. The molecule has 1 aromatic heterocycles. The predicted octanol–water partition coefficient (Wildman–Crippen LogP) is 2.38. The number of rotatable bonds is 6. The third kappa shape index (κ3) is 4.03. The van der Waals surface area contributed by atoms with Crippen LogP contribution in [-0.2, 0) is 13.0 Å². The van der Waals surface area contributed by atoms with Crippen LogP contribution in [0.2, 0.25) is 0 Å². The molecule has 5 nitrogen and oxygen atoms in total. The number of aryl methyl sites for hydroxylation is 1. The monoisotopic (exact) mass is 279 g/mol. The lowest BCUT2D eigenvalue weighted by molar-refractivity contribution is 0.259. The molecule has 2 aromatic rings. The number of hydrogen-bond acceptors (Lipinski definition) is 5. The summed E-state index contributed by atoms with van der Waals surface area (Å²) >= 11 is 0. The van der Waals surface area contributed by atoms with Crippen LogP contribution in [0.25, 0.3) is 0 Å². The van der Waals surface area contributed by atoms with E-state index in [1.807, 2.05) is 6.92 Å². The van der Waals surface area contributed by atoms with Crippen molar-refractivity contribution in [1.29, 1.82) is 0 Å². The Balaban J connectivity index is 2.03. The van der Waals surface area contributed by atoms with Crippen LogP contribution >= 0.6 is 0 Å². The summed E-state index contributed by atoms with van der Waals surface area (Å²) in [4.78, 5) is 0. The van der Waals surface area contributed by atoms with Gasteiger partial charge in [0, 0.05) is 19.0 Å². The standard InChI is InChI=1S/C14H18FN3O2/c1-3-12(16)5-10-4-11(15)7-13(6-10)19-8-14-18-17-9(2)20-14/h4,6-7,12H,3,5,8,16H2,1-2H3. The van der Waals surface area contributed by atoms with Crippen molar-refractivity contribution < 1.29 is 13.5 Å². The summed E-state index contributed by atoms with van der Waals surface area (Å²) in [6.45, 7) is 3.81. The zero-order valence-corrected chi connectivity index (χ0v) is 11.6. The number of benzene rings is 1. The molecular formula is C14H18FN3O2. The first-order valence-electron chi connectivity index (χ1n) is 6.53. The van der Waals surface area contributed by atoms with E-state index < -0.39 is 0 Å². The van der Waals surface area contributed by atoms with Crippen LogP contribution in [0, 0.1) is 12.7 Å². The van der Waals surface area contributed by atoms with Crippen LogP contribution in [0.5, 0.6) is 5.75 Å². The third-order valence-electron chi connectivity index (χ3n) is 2.88. The second-order valence-corrected chi connectivity index (χ2v) is 4.67. The molecule has 1 heterocycles. The fourth-order valence-electron chi connectivity index (χ4n) is 1.81. The van der Waals surface area contributed by atoms with Crippen molar-refractivity contribution in [3.05, 3.63) is 41.4 Å². The van der Waals surface area contributed by atoms with Gasteiger partial charge in [-0.15, -0.1) is 10.2 Å². The Morgan fingerprint density at radius 3 is 2.80 bits per heavy atom. The first-order valence-corrected chi connectivity index (χ1v) is 6.53. The Morgan fingerprint density at radius 1 is 1.35 bits per heavy atom. The average molecular weight is 279 g/mol. The molecule has 0 aliphatic carbocycles. The normalized spacial score (nSPS) is 12.4. The topological polar surface area (TPSA) is 74.2 Å². The number of ether oxygens (including phenoxy) is 1. The van der Waals surface area contributed by atoms with Crippen molar-refractivity contribution in [1.82, 2.24) is 10.2 Å². The van der Waals surface area contributed by atoms with Gasteiger partial charge in [-0.25, -0.2) is 4.39 Å². The highest BCUT2D eigenvalue weighted by molar-refractivity contribution is 5.30. The summed E-state index contributed by atoms with van der Waals surface area (Å²) in [7, 11) is 0. The van der Waals surface area contributed by atoms with Crippen molar-refractivity contribution in [2.45, 2.75) is 39.3 Å². The average Bonchev–Trinajstić information content (AvgIpc) is 2.81. The van der Waals surface area contributed by atoms with Crippen molar-refractivity contribution in [3.8, 4) is 5.75 Å². The summed E-state index contributed by atoms with van der Waals surface area (Å²) in [6.07, 6.45) is 1.46. The molecule has 0 spiro atoms. The summed E-state index contributed by atoms with van der Waals surface area (Å²) in [6, 6.07) is 4.59. The Kier molecular flexibility index (Phi) is 4.68. The molecular weight excluding hydrogens is 261 g/mol. The highest BCUT2D eigenvalue weighted by atomic mass is 19.1. The Bertz CT molecular complexity index is 571. The van der Waals surface area contributed by atoms with E-state index in [9.17, 15) is 4.39 Å². The number of hydrogen-bond donors (Lipinski definition) is 1. The van der Waals surface area contributed by atoms with Gasteiger partial charge in [0.05, 0.1) is 0 Å². The molecule has 1 unspecified atom stereocenters. The Morgan fingerprint density at radius 2 is 2.15 bits per heavy atom. The van der Waals surface area contributed by atoms with E-state index in [0.717, 1.165) is 12.0 Å². The van der Waals surface area contributed by atoms with Gasteiger partial charge in [0.2, 0.25) is 5.89 Å². The minimum absolute atomic E-state index is 0.0169. The lowest BCUT2D eigenvalue weighted by Gasteiger charge is -2.11. The minimum atomic E-state index is -0.345. The maximum atomic E-state index is 13.5. The summed E-state index contributed by atoms with van der Waals surface area (Å²) in [5, 5.41) is 7.51. The lowest BCUT2D eigenvalue weighted by Crippen LogP contribution is -2.21. The summed E-state index contributed by atoms with van der Waals surface area (Å²) < 4.78 is 24.2. The number of halogens is 1. The highest BCUT2D eigenvalue weighted by Crippen LogP contribution is 2.19. The van der Waals surface area contributed by atoms with Crippen LogP contribution < -0.4 is 10.5 Å². The molecule has 2 rings (SSSR count). The maximum Gasteiger partial charge on any atom is 0.253 e. The Hall–Kier alpha value is -1.95. The largest absolute Gasteiger partial charge is 0.484 e. The quantitative estimate of drug-likeness (QED) is 0.878. The van der Waals surface area contributed by atoms with Gasteiger partial charge in [0.25, 0.3) is 5.89 Å². The number of nitrogens with zero attached hydrogens (tertiary/aromatic N) is 2. The van der Waals surface area contributed by atoms with Crippen LogP contribution in [-0.4, -0.2) is 16.2 Å². The zero-order valence-electron chi connectivity index (χ0n) is 11.6. The van der Waals surface area contributed by atoms with E-state index in [4.69, 9.17) is 14.9 Å². The molecule has 108 valence electrons. The minimum Gasteiger partial charge on any atom is -0.484 e. The molecule has 0 radical (unpaired) electrons. The van der Waals surface area contributed by atoms with Crippen molar-refractivity contribution in [2.75, 3.05) is 0 Å². The zero-order chi connectivity index (χ0) is 14.5. The van der Waals surface area contributed by atoms with Gasteiger partial charge in [-0.3, -0.25) is 0 Å². The van der Waals surface area contributed by atoms with E-state index in [0.29, 0.717) is 24.0 Å². The SMILES string of the molecule is CCC(N)Cc1cc(F)cc(OCc2nnc(C)o2)c1. The van der Waals surface area contributed by atoms with E-state index in [-0.39, 0.29) is 18.5 Å². The second kappa shape index (κ2) is 6.47. The summed E-state index contributed by atoms with van der Waals surface area (Å²) in [5.74, 6) is 0.915. The lowest BCUT2D eigenvalue weighted by atomic mass is 10.0. The first kappa shape index (κ1) is 14.5. The maximum absolute atomic E-state index is 13.5. The van der Waals surface area contributed by atoms with Crippen molar-refractivity contribution in [2.24, 2.45) is 5.73 Å². The van der Waals surface area contributed by atoms with Crippen LogP contribution in [0.3, 0.4) is 0 Å². The fourth-order valence-corrected chi connectivity index (χ4v) is 1.81. The molecule has 0 saturated carbocycles. The number of aromatic nitrogens is 2. The fraction of sp³-hybridized carbons (Fsp3) is 0.429. The molecule has 2 N–H and O–H groups in total. The van der Waals surface area contributed by atoms with Gasteiger partial charge in [-0.1, -0.05) is 6.92 Å². The van der Waals surface area contributed by atoms with Gasteiger partial charge in [0.15, 0.2) is 6.61 Å². The molecule has 0 bridgehead atoms. The van der Waals surface area contributed by atoms with E-state index in [2.05, 4.69) is 10.2 Å². The van der Waals surface area contributed by atoms with Crippen LogP contribution in [0.1, 0.15) is 30.7 Å². The molecule has 1 atom stereocenters. The molecule has 0 fully saturated rings. The van der Waals surface area contributed by atoms with Crippen molar-refractivity contribution in [3.63, 3.8) is 0 Å². The van der Waals surface area contributed by atoms with Crippen LogP contribution in [0.15, 0.2) is 22.6 Å². The van der Waals surface area contributed by atoms with E-state index >= 15 is 0 Å². The van der Waals surface area contributed by atoms with Gasteiger partial charge in [-0.05, 0) is 30.5 Å². The number of nitrogens with two attached hydrogens (primary N) is 1. The third-order valence-corrected chi connectivity index (χ3v) is 2.88. The molecule has 0 aliphatic heterocycles. The van der Waals surface area contributed by atoms with Crippen LogP contribution in [0.4, 0.5) is 4.39 Å². The molecule has 6 heteroatoms. The first-order chi connectivity index (χ1) is 9.56. The molecule has 20 heavy (non-hydrogen) atoms. The van der Waals surface area contributed by atoms with Crippen molar-refractivity contribution >= 4 is 0 Å². The van der Waals surface area contributed by atoms with Gasteiger partial charge in [0.1, 0.15) is 11.6 Å². The van der Waals surface area contributed by atoms with E-state index in [1.54, 1.807) is 13.0 Å². The molecule has 0 amide bonds. The summed E-state index contributed by atoms with van der Waals surface area (Å²) in [5.41, 5.74) is 6.69. The van der Waals surface area contributed by atoms with Gasteiger partial charge in [-0.2, -0.15) is 0 Å². The Labute approximate surface area is 116 Å². The van der Waals surface area contributed by atoms with Gasteiger partial charge < -0.3 is 14.9 Å². The smallest absolute Gasteiger partial charge is 0.253 e. The van der Waals surface area contributed by atoms with E-state index in [1.165, 1.54) is 12.1 Å². The molecule has 0 saturated heterocycles.